The van der Waals surface area contributed by atoms with Crippen LogP contribution in [0.25, 0.3) is 0 Å². The molecule has 1 heterocycles. The molecule has 6 heteroatoms. The number of nitrogens with one attached hydrogen (secondary N) is 1. The van der Waals surface area contributed by atoms with Crippen molar-refractivity contribution >= 4 is 5.97 Å². The van der Waals surface area contributed by atoms with Gasteiger partial charge in [-0.25, -0.2) is 0 Å². The second-order valence-corrected chi connectivity index (χ2v) is 3.59. The van der Waals surface area contributed by atoms with Crippen molar-refractivity contribution in [1.29, 1.82) is 0 Å². The van der Waals surface area contributed by atoms with E-state index >= 15 is 0 Å². The highest BCUT2D eigenvalue weighted by atomic mass is 16.4. The van der Waals surface area contributed by atoms with E-state index in [2.05, 4.69) is 15.5 Å². The maximum atomic E-state index is 10.9. The second-order valence-electron chi connectivity index (χ2n) is 3.59. The van der Waals surface area contributed by atoms with Gasteiger partial charge in [-0.05, 0) is 13.3 Å². The van der Waals surface area contributed by atoms with Gasteiger partial charge in [0.05, 0.1) is 6.54 Å². The minimum Gasteiger partial charge on any atom is -0.480 e. The third-order valence-corrected chi connectivity index (χ3v) is 2.42. The van der Waals surface area contributed by atoms with Crippen LogP contribution in [0.1, 0.15) is 32.5 Å². The summed E-state index contributed by atoms with van der Waals surface area (Å²) in [5, 5.41) is 19.7. The number of rotatable bonds is 7. The zero-order valence-corrected chi connectivity index (χ0v) is 9.68. The van der Waals surface area contributed by atoms with E-state index < -0.39 is 12.0 Å². The van der Waals surface area contributed by atoms with Crippen molar-refractivity contribution in [3.63, 3.8) is 0 Å². The quantitative estimate of drug-likeness (QED) is 0.713. The van der Waals surface area contributed by atoms with Gasteiger partial charge in [0.1, 0.15) is 18.2 Å². The summed E-state index contributed by atoms with van der Waals surface area (Å²) in [7, 11) is 0. The van der Waals surface area contributed by atoms with Gasteiger partial charge in [-0.15, -0.1) is 10.2 Å². The average molecular weight is 226 g/mol. The number of aryl methyl sites for hydroxylation is 1. The molecule has 0 aliphatic heterocycles. The van der Waals surface area contributed by atoms with Crippen molar-refractivity contribution in [2.75, 3.05) is 0 Å². The molecule has 0 radical (unpaired) electrons. The molecular formula is C10H18N4O2. The van der Waals surface area contributed by atoms with Gasteiger partial charge in [0, 0.05) is 6.54 Å². The van der Waals surface area contributed by atoms with Gasteiger partial charge in [0.2, 0.25) is 0 Å². The molecule has 16 heavy (non-hydrogen) atoms. The Labute approximate surface area is 94.7 Å². The third-order valence-electron chi connectivity index (χ3n) is 2.42. The molecule has 1 aromatic rings. The first-order valence-corrected chi connectivity index (χ1v) is 5.51. The highest BCUT2D eigenvalue weighted by Crippen LogP contribution is 2.00. The number of carboxylic acids is 1. The number of aliphatic carboxylic acids is 1. The first-order valence-electron chi connectivity index (χ1n) is 5.51. The highest BCUT2D eigenvalue weighted by molar-refractivity contribution is 5.73. The lowest BCUT2D eigenvalue weighted by molar-refractivity contribution is -0.139. The average Bonchev–Trinajstić information content (AvgIpc) is 2.71. The van der Waals surface area contributed by atoms with E-state index in [0.29, 0.717) is 13.0 Å². The van der Waals surface area contributed by atoms with Crippen LogP contribution < -0.4 is 5.32 Å². The maximum absolute atomic E-state index is 10.9. The Bertz CT molecular complexity index is 337. The largest absolute Gasteiger partial charge is 0.480 e. The van der Waals surface area contributed by atoms with Gasteiger partial charge in [0.25, 0.3) is 0 Å². The molecule has 1 unspecified atom stereocenters. The van der Waals surface area contributed by atoms with Crippen molar-refractivity contribution in [2.24, 2.45) is 0 Å². The van der Waals surface area contributed by atoms with Crippen molar-refractivity contribution in [3.8, 4) is 0 Å². The monoisotopic (exact) mass is 226 g/mol. The van der Waals surface area contributed by atoms with Crippen LogP contribution in [-0.2, 0) is 17.9 Å². The number of carboxylic acid groups (broad SMARTS) is 1. The van der Waals surface area contributed by atoms with Gasteiger partial charge in [-0.3, -0.25) is 10.1 Å². The summed E-state index contributed by atoms with van der Waals surface area (Å²) in [6.45, 7) is 5.18. The van der Waals surface area contributed by atoms with E-state index in [1.165, 1.54) is 0 Å². The summed E-state index contributed by atoms with van der Waals surface area (Å²) in [6.07, 6.45) is 3.10. The van der Waals surface area contributed by atoms with Crippen LogP contribution in [0.4, 0.5) is 0 Å². The number of nitrogens with zero attached hydrogens (tertiary/aromatic N) is 3. The minimum atomic E-state index is -0.815. The molecule has 1 rings (SSSR count). The van der Waals surface area contributed by atoms with Crippen molar-refractivity contribution in [2.45, 2.75) is 45.8 Å². The standard InChI is InChI=1S/C10H18N4O2/c1-3-5-8(10(15)16)11-6-9-13-12-7-14(9)4-2/h7-8,11H,3-6H2,1-2H3,(H,15,16). The van der Waals surface area contributed by atoms with Crippen LogP contribution in [0.15, 0.2) is 6.33 Å². The summed E-state index contributed by atoms with van der Waals surface area (Å²) >= 11 is 0. The molecule has 0 bridgehead atoms. The van der Waals surface area contributed by atoms with Crippen LogP contribution >= 0.6 is 0 Å². The third kappa shape index (κ3) is 3.30. The lowest BCUT2D eigenvalue weighted by Gasteiger charge is -2.13. The Hall–Kier alpha value is -1.43. The van der Waals surface area contributed by atoms with E-state index in [1.807, 2.05) is 18.4 Å². The van der Waals surface area contributed by atoms with E-state index in [-0.39, 0.29) is 0 Å². The van der Waals surface area contributed by atoms with E-state index in [9.17, 15) is 4.79 Å². The van der Waals surface area contributed by atoms with Crippen molar-refractivity contribution in [3.05, 3.63) is 12.2 Å². The summed E-state index contributed by atoms with van der Waals surface area (Å²) < 4.78 is 1.89. The lowest BCUT2D eigenvalue weighted by atomic mass is 10.2. The van der Waals surface area contributed by atoms with Crippen LogP contribution in [0.3, 0.4) is 0 Å². The molecule has 0 aliphatic carbocycles. The fourth-order valence-electron chi connectivity index (χ4n) is 1.50. The Balaban J connectivity index is 2.51. The number of aromatic nitrogens is 3. The first-order chi connectivity index (χ1) is 7.69. The number of hydrogen-bond acceptors (Lipinski definition) is 4. The van der Waals surface area contributed by atoms with Crippen LogP contribution in [0.5, 0.6) is 0 Å². The fraction of sp³-hybridized carbons (Fsp3) is 0.700. The second kappa shape index (κ2) is 6.22. The molecule has 0 amide bonds. The molecule has 1 atom stereocenters. The molecular weight excluding hydrogens is 208 g/mol. The molecule has 6 nitrogen and oxygen atoms in total. The Morgan fingerprint density at radius 2 is 2.38 bits per heavy atom. The van der Waals surface area contributed by atoms with Crippen molar-refractivity contribution < 1.29 is 9.90 Å². The van der Waals surface area contributed by atoms with E-state index in [4.69, 9.17) is 5.11 Å². The molecule has 0 saturated heterocycles. The topological polar surface area (TPSA) is 80.0 Å². The SMILES string of the molecule is CCCC(NCc1nncn1CC)C(=O)O. The van der Waals surface area contributed by atoms with Gasteiger partial charge >= 0.3 is 5.97 Å². The highest BCUT2D eigenvalue weighted by Gasteiger charge is 2.16. The molecule has 0 spiro atoms. The minimum absolute atomic E-state index is 0.435. The Kier molecular flexibility index (Phi) is 4.91. The van der Waals surface area contributed by atoms with Gasteiger partial charge in [-0.2, -0.15) is 0 Å². The van der Waals surface area contributed by atoms with E-state index in [0.717, 1.165) is 18.8 Å². The molecule has 2 N–H and O–H groups in total. The number of carbonyl (C=O) groups is 1. The lowest BCUT2D eigenvalue weighted by Crippen LogP contribution is -2.36. The Morgan fingerprint density at radius 3 is 2.94 bits per heavy atom. The summed E-state index contributed by atoms with van der Waals surface area (Å²) in [5.74, 6) is -0.0470. The molecule has 1 aromatic heterocycles. The van der Waals surface area contributed by atoms with Crippen LogP contribution in [-0.4, -0.2) is 31.9 Å². The molecule has 0 fully saturated rings. The van der Waals surface area contributed by atoms with E-state index in [1.54, 1.807) is 6.33 Å². The zero-order valence-electron chi connectivity index (χ0n) is 9.68. The first kappa shape index (κ1) is 12.6. The van der Waals surface area contributed by atoms with Gasteiger partial charge < -0.3 is 9.67 Å². The zero-order chi connectivity index (χ0) is 12.0. The fourth-order valence-corrected chi connectivity index (χ4v) is 1.50. The molecule has 0 saturated carbocycles. The van der Waals surface area contributed by atoms with Crippen molar-refractivity contribution in [1.82, 2.24) is 20.1 Å². The summed E-state index contributed by atoms with van der Waals surface area (Å²) in [5.41, 5.74) is 0. The predicted molar refractivity (Wildman–Crippen MR) is 58.9 cm³/mol. The number of hydrogen-bond donors (Lipinski definition) is 2. The predicted octanol–water partition coefficient (Wildman–Crippen LogP) is 0.641. The van der Waals surface area contributed by atoms with Gasteiger partial charge in [0.15, 0.2) is 0 Å². The molecule has 0 aromatic carbocycles. The normalized spacial score (nSPS) is 12.6. The maximum Gasteiger partial charge on any atom is 0.320 e. The molecule has 90 valence electrons. The van der Waals surface area contributed by atoms with Gasteiger partial charge in [-0.1, -0.05) is 13.3 Å². The van der Waals surface area contributed by atoms with Crippen LogP contribution in [0.2, 0.25) is 0 Å². The smallest absolute Gasteiger partial charge is 0.320 e. The van der Waals surface area contributed by atoms with Crippen LogP contribution in [0, 0.1) is 0 Å². The molecule has 0 aliphatic rings. The summed E-state index contributed by atoms with van der Waals surface area (Å²) in [6, 6.07) is -0.507. The Morgan fingerprint density at radius 1 is 1.62 bits per heavy atom. The summed E-state index contributed by atoms with van der Waals surface area (Å²) in [4.78, 5) is 10.9.